The Hall–Kier alpha value is -3.00. The van der Waals surface area contributed by atoms with E-state index >= 15 is 0 Å². The van der Waals surface area contributed by atoms with Crippen LogP contribution in [0, 0.1) is 0 Å². The lowest BCUT2D eigenvalue weighted by atomic mass is 10.2. The van der Waals surface area contributed by atoms with Gasteiger partial charge in [-0.25, -0.2) is 19.7 Å². The minimum Gasteiger partial charge on any atom is -0.444 e. The van der Waals surface area contributed by atoms with Gasteiger partial charge in [-0.1, -0.05) is 36.4 Å². The van der Waals surface area contributed by atoms with Crippen molar-refractivity contribution in [2.75, 3.05) is 5.32 Å². The second-order valence-electron chi connectivity index (χ2n) is 7.66. The molecule has 0 unspecified atom stereocenters. The highest BCUT2D eigenvalue weighted by Crippen LogP contribution is 2.17. The second kappa shape index (κ2) is 9.67. The average molecular weight is 470 g/mol. The summed E-state index contributed by atoms with van der Waals surface area (Å²) in [6.07, 6.45) is 1.26. The molecule has 0 fully saturated rings. The molecule has 0 radical (unpaired) electrons. The van der Waals surface area contributed by atoms with Gasteiger partial charge in [0.05, 0.1) is 12.2 Å². The highest BCUT2D eigenvalue weighted by atomic mass is 79.9. The number of anilines is 2. The van der Waals surface area contributed by atoms with Gasteiger partial charge in [-0.15, -0.1) is 0 Å². The molecule has 0 saturated carbocycles. The van der Waals surface area contributed by atoms with E-state index in [1.165, 1.54) is 0 Å². The minimum absolute atomic E-state index is 0.285. The van der Waals surface area contributed by atoms with Crippen LogP contribution in [0.1, 0.15) is 32.0 Å². The lowest BCUT2D eigenvalue weighted by Gasteiger charge is -2.27. The molecule has 2 heterocycles. The van der Waals surface area contributed by atoms with E-state index in [4.69, 9.17) is 4.74 Å². The second-order valence-corrected chi connectivity index (χ2v) is 8.48. The maximum atomic E-state index is 12.8. The van der Waals surface area contributed by atoms with Gasteiger partial charge in [0, 0.05) is 12.7 Å². The summed E-state index contributed by atoms with van der Waals surface area (Å²) in [5, 5.41) is 3.08. The highest BCUT2D eigenvalue weighted by Gasteiger charge is 2.23. The molecule has 0 spiro atoms. The monoisotopic (exact) mass is 469 g/mol. The molecule has 0 aliphatic rings. The standard InChI is InChI=1S/C22H24BrN5O2/c1-22(2,3)30-21(29)28(14-16-8-5-4-6-9-16)15-17-12-13-24-20(25-17)27-19-11-7-10-18(23)26-19/h4-13H,14-15H2,1-3H3,(H,24,25,26,27). The maximum Gasteiger partial charge on any atom is 0.410 e. The Morgan fingerprint density at radius 3 is 2.50 bits per heavy atom. The molecular weight excluding hydrogens is 446 g/mol. The third-order valence-electron chi connectivity index (χ3n) is 3.89. The van der Waals surface area contributed by atoms with Crippen LogP contribution in [0.3, 0.4) is 0 Å². The summed E-state index contributed by atoms with van der Waals surface area (Å²) in [7, 11) is 0. The van der Waals surface area contributed by atoms with Crippen LogP contribution in [0.2, 0.25) is 0 Å². The topological polar surface area (TPSA) is 80.2 Å². The van der Waals surface area contributed by atoms with Crippen LogP contribution in [-0.2, 0) is 17.8 Å². The summed E-state index contributed by atoms with van der Waals surface area (Å²) in [6, 6.07) is 17.1. The van der Waals surface area contributed by atoms with Crippen LogP contribution < -0.4 is 5.32 Å². The van der Waals surface area contributed by atoms with Crippen molar-refractivity contribution in [1.29, 1.82) is 0 Å². The van der Waals surface area contributed by atoms with E-state index in [1.807, 2.05) is 69.3 Å². The SMILES string of the molecule is CC(C)(C)OC(=O)N(Cc1ccccc1)Cc1ccnc(Nc2cccc(Br)n2)n1. The van der Waals surface area contributed by atoms with Gasteiger partial charge >= 0.3 is 6.09 Å². The molecule has 0 aliphatic carbocycles. The van der Waals surface area contributed by atoms with E-state index in [-0.39, 0.29) is 6.54 Å². The molecule has 0 bridgehead atoms. The van der Waals surface area contributed by atoms with Crippen LogP contribution in [0.5, 0.6) is 0 Å². The smallest absolute Gasteiger partial charge is 0.410 e. The molecule has 0 saturated heterocycles. The van der Waals surface area contributed by atoms with E-state index < -0.39 is 11.7 Å². The van der Waals surface area contributed by atoms with E-state index in [1.54, 1.807) is 17.2 Å². The van der Waals surface area contributed by atoms with Crippen LogP contribution >= 0.6 is 15.9 Å². The Bertz CT molecular complexity index is 992. The first-order chi connectivity index (χ1) is 14.3. The van der Waals surface area contributed by atoms with E-state index in [0.29, 0.717) is 28.6 Å². The number of amides is 1. The number of nitrogens with zero attached hydrogens (tertiary/aromatic N) is 4. The number of benzene rings is 1. The fourth-order valence-corrected chi connectivity index (χ4v) is 2.99. The summed E-state index contributed by atoms with van der Waals surface area (Å²) >= 11 is 3.34. The number of hydrogen-bond donors (Lipinski definition) is 1. The minimum atomic E-state index is -0.587. The quantitative estimate of drug-likeness (QED) is 0.492. The molecule has 3 aromatic rings. The van der Waals surface area contributed by atoms with Gasteiger partial charge in [0.25, 0.3) is 0 Å². The summed E-state index contributed by atoms with van der Waals surface area (Å²) in [4.78, 5) is 27.5. The van der Waals surface area contributed by atoms with Crippen LogP contribution in [0.4, 0.5) is 16.6 Å². The fraction of sp³-hybridized carbons (Fsp3) is 0.273. The van der Waals surface area contributed by atoms with Gasteiger partial charge in [-0.05, 0) is 60.5 Å². The van der Waals surface area contributed by atoms with Crippen LogP contribution in [-0.4, -0.2) is 31.5 Å². The van der Waals surface area contributed by atoms with Gasteiger partial charge in [0.2, 0.25) is 5.95 Å². The summed E-state index contributed by atoms with van der Waals surface area (Å²) < 4.78 is 6.31. The van der Waals surface area contributed by atoms with Crippen molar-refractivity contribution >= 4 is 33.8 Å². The fourth-order valence-electron chi connectivity index (χ4n) is 2.65. The number of nitrogens with one attached hydrogen (secondary N) is 1. The zero-order chi connectivity index (χ0) is 21.6. The number of carbonyl (C=O) groups excluding carboxylic acids is 1. The molecule has 1 amide bonds. The summed E-state index contributed by atoms with van der Waals surface area (Å²) in [5.41, 5.74) is 1.11. The first-order valence-corrected chi connectivity index (χ1v) is 10.3. The molecule has 30 heavy (non-hydrogen) atoms. The van der Waals surface area contributed by atoms with E-state index in [2.05, 4.69) is 36.2 Å². The Morgan fingerprint density at radius 1 is 1.03 bits per heavy atom. The van der Waals surface area contributed by atoms with Gasteiger partial charge < -0.3 is 10.1 Å². The van der Waals surface area contributed by atoms with Gasteiger partial charge in [0.1, 0.15) is 16.0 Å². The Labute approximate surface area is 184 Å². The largest absolute Gasteiger partial charge is 0.444 e. The third kappa shape index (κ3) is 6.81. The van der Waals surface area contributed by atoms with Crippen LogP contribution in [0.15, 0.2) is 65.4 Å². The normalized spacial score (nSPS) is 11.1. The first-order valence-electron chi connectivity index (χ1n) is 9.52. The number of pyridine rings is 1. The summed E-state index contributed by atoms with van der Waals surface area (Å²) in [5.74, 6) is 1.02. The van der Waals surface area contributed by atoms with Crippen molar-refractivity contribution in [3.8, 4) is 0 Å². The average Bonchev–Trinajstić information content (AvgIpc) is 2.67. The van der Waals surface area contributed by atoms with Crippen molar-refractivity contribution in [2.45, 2.75) is 39.5 Å². The predicted octanol–water partition coefficient (Wildman–Crippen LogP) is 5.32. The number of halogens is 1. The Morgan fingerprint density at radius 2 is 1.80 bits per heavy atom. The lowest BCUT2D eigenvalue weighted by molar-refractivity contribution is 0.0214. The molecule has 156 valence electrons. The molecule has 7 nitrogen and oxygen atoms in total. The van der Waals surface area contributed by atoms with Crippen molar-refractivity contribution in [2.24, 2.45) is 0 Å². The van der Waals surface area contributed by atoms with Gasteiger partial charge in [-0.3, -0.25) is 4.90 Å². The Kier molecular flexibility index (Phi) is 6.99. The van der Waals surface area contributed by atoms with Gasteiger partial charge in [-0.2, -0.15) is 0 Å². The van der Waals surface area contributed by atoms with Crippen molar-refractivity contribution < 1.29 is 9.53 Å². The zero-order valence-corrected chi connectivity index (χ0v) is 18.8. The molecule has 3 rings (SSSR count). The number of hydrogen-bond acceptors (Lipinski definition) is 6. The molecule has 2 aromatic heterocycles. The molecular formula is C22H24BrN5O2. The molecule has 0 atom stereocenters. The van der Waals surface area contributed by atoms with Crippen LogP contribution in [0.25, 0.3) is 0 Å². The van der Waals surface area contributed by atoms with Crippen molar-refractivity contribution in [1.82, 2.24) is 19.9 Å². The molecule has 1 N–H and O–H groups in total. The number of carbonyl (C=O) groups is 1. The molecule has 8 heteroatoms. The zero-order valence-electron chi connectivity index (χ0n) is 17.2. The molecule has 1 aromatic carbocycles. The number of aromatic nitrogens is 3. The van der Waals surface area contributed by atoms with Crippen molar-refractivity contribution in [3.05, 3.63) is 76.7 Å². The number of rotatable bonds is 6. The highest BCUT2D eigenvalue weighted by molar-refractivity contribution is 9.10. The van der Waals surface area contributed by atoms with E-state index in [9.17, 15) is 4.79 Å². The number of ether oxygens (including phenoxy) is 1. The summed E-state index contributed by atoms with van der Waals surface area (Å²) in [6.45, 7) is 6.25. The Balaban J connectivity index is 1.78. The predicted molar refractivity (Wildman–Crippen MR) is 119 cm³/mol. The maximum absolute atomic E-state index is 12.8. The third-order valence-corrected chi connectivity index (χ3v) is 4.33. The van der Waals surface area contributed by atoms with E-state index in [0.717, 1.165) is 5.56 Å². The lowest BCUT2D eigenvalue weighted by Crippen LogP contribution is -2.36. The van der Waals surface area contributed by atoms with Gasteiger partial charge in [0.15, 0.2) is 0 Å². The first kappa shape index (κ1) is 21.7. The van der Waals surface area contributed by atoms with Crippen molar-refractivity contribution in [3.63, 3.8) is 0 Å². The molecule has 0 aliphatic heterocycles.